The lowest BCUT2D eigenvalue weighted by molar-refractivity contribution is -0.138. The number of amides is 1. The summed E-state index contributed by atoms with van der Waals surface area (Å²) in [6.07, 6.45) is -0.586. The zero-order chi connectivity index (χ0) is 14.0. The molecule has 0 radical (unpaired) electrons. The maximum Gasteiger partial charge on any atom is 0.407 e. The van der Waals surface area contributed by atoms with Gasteiger partial charge in [0.2, 0.25) is 0 Å². The molecular formula is C11H19NO5S. The summed E-state index contributed by atoms with van der Waals surface area (Å²) in [7, 11) is 0. The van der Waals surface area contributed by atoms with Gasteiger partial charge in [-0.05, 0) is 13.8 Å². The van der Waals surface area contributed by atoms with Gasteiger partial charge in [0, 0.05) is 5.57 Å². The monoisotopic (exact) mass is 277 g/mol. The predicted molar refractivity (Wildman–Crippen MR) is 69.5 cm³/mol. The van der Waals surface area contributed by atoms with Crippen molar-refractivity contribution in [3.8, 4) is 0 Å². The topological polar surface area (TPSA) is 73.9 Å². The van der Waals surface area contributed by atoms with Gasteiger partial charge in [-0.25, -0.2) is 9.59 Å². The highest BCUT2D eigenvalue weighted by atomic mass is 32.1. The Morgan fingerprint density at radius 1 is 1.28 bits per heavy atom. The molecule has 0 fully saturated rings. The summed E-state index contributed by atoms with van der Waals surface area (Å²) < 4.78 is 14.6. The number of rotatable bonds is 8. The average molecular weight is 277 g/mol. The third kappa shape index (κ3) is 9.98. The molecule has 0 aliphatic heterocycles. The molecule has 1 N–H and O–H groups in total. The van der Waals surface area contributed by atoms with Gasteiger partial charge < -0.3 is 19.5 Å². The molecule has 0 rings (SSSR count). The molecule has 1 unspecified atom stereocenters. The van der Waals surface area contributed by atoms with Gasteiger partial charge in [-0.15, -0.1) is 12.6 Å². The fourth-order valence-electron chi connectivity index (χ4n) is 0.824. The van der Waals surface area contributed by atoms with Crippen molar-refractivity contribution < 1.29 is 23.8 Å². The van der Waals surface area contributed by atoms with Crippen molar-refractivity contribution in [3.63, 3.8) is 0 Å². The molecule has 104 valence electrons. The van der Waals surface area contributed by atoms with E-state index in [4.69, 9.17) is 14.2 Å². The second-order valence-corrected chi connectivity index (χ2v) is 4.18. The van der Waals surface area contributed by atoms with Crippen LogP contribution in [0.5, 0.6) is 0 Å². The first-order valence-electron chi connectivity index (χ1n) is 5.46. The first kappa shape index (κ1) is 16.8. The molecule has 0 saturated heterocycles. The average Bonchev–Trinajstić information content (AvgIpc) is 2.29. The van der Waals surface area contributed by atoms with E-state index in [-0.39, 0.29) is 31.8 Å². The highest BCUT2D eigenvalue weighted by Gasteiger charge is 2.04. The van der Waals surface area contributed by atoms with E-state index in [1.807, 2.05) is 0 Å². The highest BCUT2D eigenvalue weighted by molar-refractivity contribution is 7.80. The number of carbonyl (C=O) groups excluding carboxylic acids is 2. The summed E-state index contributed by atoms with van der Waals surface area (Å²) in [5.74, 6) is -0.485. The number of esters is 1. The van der Waals surface area contributed by atoms with Crippen molar-refractivity contribution in [2.75, 3.05) is 26.4 Å². The minimum atomic E-state index is -0.586. The third-order valence-corrected chi connectivity index (χ3v) is 1.78. The molecule has 1 atom stereocenters. The molecule has 0 spiro atoms. The minimum absolute atomic E-state index is 0.0744. The van der Waals surface area contributed by atoms with E-state index in [0.717, 1.165) is 0 Å². The van der Waals surface area contributed by atoms with Gasteiger partial charge in [0.1, 0.15) is 13.2 Å². The highest BCUT2D eigenvalue weighted by Crippen LogP contribution is 1.94. The molecule has 1 amide bonds. The molecule has 7 heteroatoms. The van der Waals surface area contributed by atoms with E-state index in [1.54, 1.807) is 13.8 Å². The zero-order valence-electron chi connectivity index (χ0n) is 10.6. The van der Waals surface area contributed by atoms with Crippen LogP contribution in [0.1, 0.15) is 13.8 Å². The molecule has 0 aromatic carbocycles. The largest absolute Gasteiger partial charge is 0.460 e. The van der Waals surface area contributed by atoms with Gasteiger partial charge in [-0.2, -0.15) is 0 Å². The standard InChI is InChI=1S/C11H19NO5S/c1-8(2)10(13)16-5-4-12-11(14)17-7-6-15-9(3)18/h9,18H,1,4-7H2,2-3H3,(H,12,14). The number of thiol groups is 1. The van der Waals surface area contributed by atoms with Crippen LogP contribution in [-0.4, -0.2) is 43.9 Å². The van der Waals surface area contributed by atoms with Crippen LogP contribution in [0.3, 0.4) is 0 Å². The fraction of sp³-hybridized carbons (Fsp3) is 0.636. The van der Waals surface area contributed by atoms with Crippen LogP contribution in [-0.2, 0) is 19.0 Å². The summed E-state index contributed by atoms with van der Waals surface area (Å²) >= 11 is 3.99. The molecule has 0 bridgehead atoms. The van der Waals surface area contributed by atoms with Crippen LogP contribution < -0.4 is 5.32 Å². The smallest absolute Gasteiger partial charge is 0.407 e. The molecule has 6 nitrogen and oxygen atoms in total. The fourth-order valence-corrected chi connectivity index (χ4v) is 0.929. The summed E-state index contributed by atoms with van der Waals surface area (Å²) in [5, 5.41) is 2.42. The zero-order valence-corrected chi connectivity index (χ0v) is 11.5. The summed E-state index contributed by atoms with van der Waals surface area (Å²) in [5.41, 5.74) is 0.119. The normalized spacial score (nSPS) is 11.5. The van der Waals surface area contributed by atoms with E-state index < -0.39 is 12.1 Å². The number of ether oxygens (including phenoxy) is 3. The van der Waals surface area contributed by atoms with Gasteiger partial charge in [0.05, 0.1) is 18.6 Å². The van der Waals surface area contributed by atoms with E-state index in [1.165, 1.54) is 0 Å². The Bertz CT molecular complexity index is 293. The maximum absolute atomic E-state index is 11.1. The van der Waals surface area contributed by atoms with Crippen molar-refractivity contribution in [2.24, 2.45) is 0 Å². The van der Waals surface area contributed by atoms with Crippen molar-refractivity contribution in [2.45, 2.75) is 19.3 Å². The van der Waals surface area contributed by atoms with E-state index in [9.17, 15) is 9.59 Å². The molecule has 0 aliphatic carbocycles. The minimum Gasteiger partial charge on any atom is -0.460 e. The van der Waals surface area contributed by atoms with Gasteiger partial charge in [-0.3, -0.25) is 0 Å². The predicted octanol–water partition coefficient (Wildman–Crippen LogP) is 1.12. The van der Waals surface area contributed by atoms with Crippen molar-refractivity contribution in [3.05, 3.63) is 12.2 Å². The van der Waals surface area contributed by atoms with Crippen molar-refractivity contribution in [1.82, 2.24) is 5.32 Å². The Balaban J connectivity index is 3.43. The Kier molecular flexibility index (Phi) is 9.13. The Morgan fingerprint density at radius 3 is 2.50 bits per heavy atom. The lowest BCUT2D eigenvalue weighted by Gasteiger charge is -2.09. The molecule has 0 heterocycles. The summed E-state index contributed by atoms with van der Waals surface area (Å²) in [6, 6.07) is 0. The molecule has 0 aliphatic rings. The van der Waals surface area contributed by atoms with Gasteiger partial charge in [-0.1, -0.05) is 6.58 Å². The van der Waals surface area contributed by atoms with Crippen molar-refractivity contribution in [1.29, 1.82) is 0 Å². The van der Waals surface area contributed by atoms with E-state index in [0.29, 0.717) is 5.57 Å². The lowest BCUT2D eigenvalue weighted by Crippen LogP contribution is -2.29. The number of hydrogen-bond acceptors (Lipinski definition) is 6. The van der Waals surface area contributed by atoms with Crippen LogP contribution in [0.15, 0.2) is 12.2 Å². The van der Waals surface area contributed by atoms with Crippen LogP contribution >= 0.6 is 12.6 Å². The first-order valence-corrected chi connectivity index (χ1v) is 5.98. The molecule has 0 aromatic heterocycles. The molecular weight excluding hydrogens is 258 g/mol. The number of hydrogen-bond donors (Lipinski definition) is 2. The van der Waals surface area contributed by atoms with Crippen LogP contribution in [0.4, 0.5) is 4.79 Å². The number of carbonyl (C=O) groups is 2. The summed E-state index contributed by atoms with van der Waals surface area (Å²) in [4.78, 5) is 22.1. The Hall–Kier alpha value is -1.21. The van der Waals surface area contributed by atoms with E-state index >= 15 is 0 Å². The van der Waals surface area contributed by atoms with Crippen LogP contribution in [0.2, 0.25) is 0 Å². The molecule has 18 heavy (non-hydrogen) atoms. The van der Waals surface area contributed by atoms with Gasteiger partial charge >= 0.3 is 12.1 Å². The number of nitrogens with one attached hydrogen (secondary N) is 1. The lowest BCUT2D eigenvalue weighted by atomic mass is 10.4. The first-order chi connectivity index (χ1) is 8.43. The second kappa shape index (κ2) is 9.78. The number of alkyl carbamates (subject to hydrolysis) is 1. The Labute approximate surface area is 112 Å². The van der Waals surface area contributed by atoms with Gasteiger partial charge in [0.15, 0.2) is 0 Å². The van der Waals surface area contributed by atoms with Crippen molar-refractivity contribution >= 4 is 24.7 Å². The quantitative estimate of drug-likeness (QED) is 0.229. The molecule has 0 aromatic rings. The van der Waals surface area contributed by atoms with E-state index in [2.05, 4.69) is 24.5 Å². The second-order valence-electron chi connectivity index (χ2n) is 3.45. The maximum atomic E-state index is 11.1. The van der Waals surface area contributed by atoms with Crippen LogP contribution in [0, 0.1) is 0 Å². The van der Waals surface area contributed by atoms with Gasteiger partial charge in [0.25, 0.3) is 0 Å². The molecule has 0 saturated carbocycles. The SMILES string of the molecule is C=C(C)C(=O)OCCNC(=O)OCCOC(C)S. The Morgan fingerprint density at radius 2 is 1.94 bits per heavy atom. The van der Waals surface area contributed by atoms with Crippen LogP contribution in [0.25, 0.3) is 0 Å². The summed E-state index contributed by atoms with van der Waals surface area (Å²) in [6.45, 7) is 7.42. The third-order valence-electron chi connectivity index (χ3n) is 1.63.